The average Bonchev–Trinajstić information content (AvgIpc) is 2.27. The van der Waals surface area contributed by atoms with E-state index >= 15 is 0 Å². The maximum atomic E-state index is 10.2. The molecular weight excluding hydrogens is 494 g/mol. The van der Waals surface area contributed by atoms with Crippen LogP contribution in [0.4, 0.5) is 0 Å². The summed E-state index contributed by atoms with van der Waals surface area (Å²) in [6, 6.07) is 10.0. The molecule has 0 spiro atoms. The Hall–Kier alpha value is 0.188. The first-order valence-electron chi connectivity index (χ1n) is 4.42. The van der Waals surface area contributed by atoms with Crippen molar-refractivity contribution in [3.63, 3.8) is 0 Å². The molecule has 0 saturated heterocycles. The van der Waals surface area contributed by atoms with Gasteiger partial charge in [0.2, 0.25) is 0 Å². The van der Waals surface area contributed by atoms with E-state index in [-0.39, 0.29) is 24.2 Å². The minimum absolute atomic E-state index is 0. The van der Waals surface area contributed by atoms with Crippen LogP contribution in [0.1, 0.15) is 12.8 Å². The monoisotopic (exact) mass is 513 g/mol. The van der Waals surface area contributed by atoms with Gasteiger partial charge in [-0.15, -0.1) is 11.8 Å². The van der Waals surface area contributed by atoms with Crippen molar-refractivity contribution in [2.45, 2.75) is 17.7 Å². The summed E-state index contributed by atoms with van der Waals surface area (Å²) in [6.45, 7) is 0. The second kappa shape index (κ2) is 20.5. The van der Waals surface area contributed by atoms with E-state index in [0.29, 0.717) is 0 Å². The molecule has 0 bridgehead atoms. The van der Waals surface area contributed by atoms with Crippen LogP contribution in [0.3, 0.4) is 0 Å². The number of aliphatic carboxylic acids is 1. The van der Waals surface area contributed by atoms with Gasteiger partial charge in [-0.2, -0.15) is 0 Å². The number of halogens is 2. The van der Waals surface area contributed by atoms with Crippen LogP contribution in [-0.4, -0.2) is 22.3 Å². The fourth-order valence-electron chi connectivity index (χ4n) is 0.930. The summed E-state index contributed by atoms with van der Waals surface area (Å²) < 4.78 is 0. The Morgan fingerprint density at radius 3 is 2.11 bits per heavy atom. The quantitative estimate of drug-likeness (QED) is 0.408. The van der Waals surface area contributed by atoms with Crippen LogP contribution in [0.2, 0.25) is 0 Å². The van der Waals surface area contributed by atoms with Crippen molar-refractivity contribution in [1.82, 2.24) is 12.3 Å². The predicted molar refractivity (Wildman–Crippen MR) is 79.4 cm³/mol. The summed E-state index contributed by atoms with van der Waals surface area (Å²) in [5.41, 5.74) is 0. The molecule has 0 radical (unpaired) electrons. The summed E-state index contributed by atoms with van der Waals surface area (Å²) in [4.78, 5) is 11.4. The fraction of sp³-hybridized carbons (Fsp3) is 0.300. The van der Waals surface area contributed by atoms with Crippen molar-refractivity contribution < 1.29 is 31.9 Å². The molecule has 1 rings (SSSR count). The summed E-state index contributed by atoms with van der Waals surface area (Å²) in [5, 5.41) is 8.40. The van der Waals surface area contributed by atoms with Crippen molar-refractivity contribution in [3.05, 3.63) is 30.3 Å². The molecule has 0 saturated carbocycles. The number of benzene rings is 1. The van der Waals surface area contributed by atoms with Gasteiger partial charge in [0.15, 0.2) is 0 Å². The number of thioether (sulfide) groups is 1. The van der Waals surface area contributed by atoms with Gasteiger partial charge >= 0.3 is 41.3 Å². The minimum atomic E-state index is -0.714. The van der Waals surface area contributed by atoms with Gasteiger partial charge in [-0.05, 0) is 24.3 Å². The predicted octanol–water partition coefficient (Wildman–Crippen LogP) is 3.52. The average molecular weight is 514 g/mol. The van der Waals surface area contributed by atoms with E-state index in [4.69, 9.17) is 23.9 Å². The van der Waals surface area contributed by atoms with Gasteiger partial charge in [0.25, 0.3) is 0 Å². The molecular formula is C10H20Cl2N2O3PtS. The van der Waals surface area contributed by atoms with E-state index in [9.17, 15) is 4.79 Å². The second-order valence-corrected chi connectivity index (χ2v) is 7.16. The summed E-state index contributed by atoms with van der Waals surface area (Å²) in [5.74, 6) is 0.157. The molecule has 9 heteroatoms. The third-order valence-electron chi connectivity index (χ3n) is 1.55. The normalized spacial score (nSPS) is 7.89. The summed E-state index contributed by atoms with van der Waals surface area (Å²) in [6.07, 6.45) is 0.995. The molecule has 0 aliphatic rings. The molecule has 5 nitrogen and oxygen atoms in total. The summed E-state index contributed by atoms with van der Waals surface area (Å²) >= 11 is 1.23. The molecule has 0 unspecified atom stereocenters. The van der Waals surface area contributed by atoms with Gasteiger partial charge in [0, 0.05) is 11.3 Å². The first-order valence-corrected chi connectivity index (χ1v) is 11.0. The molecule has 0 amide bonds. The van der Waals surface area contributed by atoms with Crippen LogP contribution in [0.5, 0.6) is 0 Å². The Bertz CT molecular complexity index is 297. The Morgan fingerprint density at radius 1 is 1.21 bits per heavy atom. The fourth-order valence-corrected chi connectivity index (χ4v) is 1.80. The van der Waals surface area contributed by atoms with Crippen LogP contribution in [0.25, 0.3) is 0 Å². The van der Waals surface area contributed by atoms with Gasteiger partial charge in [-0.3, -0.25) is 4.79 Å². The van der Waals surface area contributed by atoms with Gasteiger partial charge in [0.05, 0.1) is 0 Å². The molecule has 1 aromatic rings. The van der Waals surface area contributed by atoms with Gasteiger partial charge in [-0.25, -0.2) is 0 Å². The van der Waals surface area contributed by atoms with E-state index in [1.54, 1.807) is 11.8 Å². The number of hydrogen-bond acceptors (Lipinski definition) is 4. The Morgan fingerprint density at radius 2 is 1.68 bits per heavy atom. The molecule has 0 atom stereocenters. The molecule has 1 aromatic carbocycles. The zero-order valence-corrected chi connectivity index (χ0v) is 14.9. The van der Waals surface area contributed by atoms with Crippen LogP contribution in [-0.2, 0) is 21.3 Å². The maximum absolute atomic E-state index is 10.2. The van der Waals surface area contributed by atoms with Crippen molar-refractivity contribution >= 4 is 36.6 Å². The SMILES string of the molecule is N.N.O.O=C(O)CCCSc1ccccc1.[Cl][Pt][Cl]. The first-order chi connectivity index (χ1) is 7.70. The van der Waals surface area contributed by atoms with E-state index in [2.05, 4.69) is 0 Å². The Kier molecular flexibility index (Phi) is 29.7. The van der Waals surface area contributed by atoms with Crippen LogP contribution < -0.4 is 12.3 Å². The first kappa shape index (κ1) is 27.5. The van der Waals surface area contributed by atoms with Crippen molar-refractivity contribution in [1.29, 1.82) is 0 Å². The van der Waals surface area contributed by atoms with Crippen LogP contribution >= 0.6 is 30.6 Å². The van der Waals surface area contributed by atoms with Crippen molar-refractivity contribution in [2.24, 2.45) is 0 Å². The number of carbonyl (C=O) groups is 1. The molecule has 19 heavy (non-hydrogen) atoms. The molecule has 0 aliphatic carbocycles. The van der Waals surface area contributed by atoms with Gasteiger partial charge in [0.1, 0.15) is 0 Å². The van der Waals surface area contributed by atoms with Crippen molar-refractivity contribution in [2.75, 3.05) is 5.75 Å². The molecule has 0 fully saturated rings. The third kappa shape index (κ3) is 20.7. The number of carboxylic acid groups (broad SMARTS) is 1. The van der Waals surface area contributed by atoms with Crippen molar-refractivity contribution in [3.8, 4) is 0 Å². The second-order valence-electron chi connectivity index (χ2n) is 2.70. The number of hydrogen-bond donors (Lipinski definition) is 3. The van der Waals surface area contributed by atoms with E-state index < -0.39 is 22.5 Å². The van der Waals surface area contributed by atoms with E-state index in [1.165, 1.54) is 4.90 Å². The number of carboxylic acids is 1. The molecule has 0 aliphatic heterocycles. The topological polar surface area (TPSA) is 139 Å². The van der Waals surface area contributed by atoms with E-state index in [1.807, 2.05) is 30.3 Å². The van der Waals surface area contributed by atoms with Crippen LogP contribution in [0.15, 0.2) is 35.2 Å². The standard InChI is InChI=1S/C10H12O2S.2ClH.2H3N.H2O.Pt/c11-10(12)7-4-8-13-9-5-2-1-3-6-9;;;;;;/h1-3,5-6H,4,7-8H2,(H,11,12);2*1H;2*1H3;1H2;/q;;;;;;+2/p-2. The Labute approximate surface area is 134 Å². The van der Waals surface area contributed by atoms with Gasteiger partial charge < -0.3 is 22.9 Å². The molecule has 118 valence electrons. The van der Waals surface area contributed by atoms with Crippen LogP contribution in [0, 0.1) is 0 Å². The molecule has 9 N–H and O–H groups in total. The number of rotatable bonds is 5. The summed E-state index contributed by atoms with van der Waals surface area (Å²) in [7, 11) is 9.75. The third-order valence-corrected chi connectivity index (χ3v) is 2.65. The zero-order valence-electron chi connectivity index (χ0n) is 10.3. The zero-order chi connectivity index (χ0) is 12.2. The van der Waals surface area contributed by atoms with Gasteiger partial charge in [-0.1, -0.05) is 18.2 Å². The molecule has 0 heterocycles. The van der Waals surface area contributed by atoms with E-state index in [0.717, 1.165) is 12.2 Å². The molecule has 0 aromatic heterocycles. The Balaban J connectivity index is -0.000000172.